The summed E-state index contributed by atoms with van der Waals surface area (Å²) in [7, 11) is 4.64. The van der Waals surface area contributed by atoms with Gasteiger partial charge in [0, 0.05) is 12.6 Å². The van der Waals surface area contributed by atoms with Crippen LogP contribution in [0.2, 0.25) is 0 Å². The van der Waals surface area contributed by atoms with E-state index in [0.717, 1.165) is 35.2 Å². The van der Waals surface area contributed by atoms with Crippen molar-refractivity contribution in [3.63, 3.8) is 0 Å². The minimum Gasteiger partial charge on any atom is -0.493 e. The molecule has 29 heavy (non-hydrogen) atoms. The highest BCUT2D eigenvalue weighted by atomic mass is 16.5. The van der Waals surface area contributed by atoms with E-state index in [0.29, 0.717) is 23.9 Å². The predicted molar refractivity (Wildman–Crippen MR) is 107 cm³/mol. The molecule has 0 N–H and O–H groups in total. The topological polar surface area (TPSA) is 74.0 Å². The van der Waals surface area contributed by atoms with Gasteiger partial charge in [-0.3, -0.25) is 9.69 Å². The number of hydrogen-bond donors (Lipinski definition) is 0. The van der Waals surface area contributed by atoms with Crippen LogP contribution in [0.4, 0.5) is 0 Å². The molecule has 1 aliphatic rings. The minimum absolute atomic E-state index is 0.166. The molecule has 0 saturated carbocycles. The van der Waals surface area contributed by atoms with E-state index >= 15 is 0 Å². The van der Waals surface area contributed by atoms with Gasteiger partial charge >= 0.3 is 5.97 Å². The van der Waals surface area contributed by atoms with Crippen LogP contribution in [0, 0.1) is 0 Å². The van der Waals surface area contributed by atoms with Crippen LogP contribution in [-0.4, -0.2) is 43.7 Å². The van der Waals surface area contributed by atoms with Gasteiger partial charge in [0.25, 0.3) is 0 Å². The number of nitrogens with zero attached hydrogens (tertiary/aromatic N) is 2. The van der Waals surface area contributed by atoms with E-state index in [1.54, 1.807) is 14.2 Å². The number of ether oxygens (including phenoxy) is 3. The standard InChI is InChI=1S/C22H24N2O5/c1-26-19-10-14-8-9-24(13-21-23-16-6-4-5-7-18(16)29-21)17(12-22(25)28-3)15(14)11-20(19)27-2/h4-7,10-11,17H,8-9,12-13H2,1-3H3. The Morgan fingerprint density at radius 3 is 2.66 bits per heavy atom. The molecule has 0 saturated heterocycles. The SMILES string of the molecule is COC(=O)CC1c2cc(OC)c(OC)cc2CCN1Cc1nc2ccccc2o1. The molecule has 0 spiro atoms. The molecule has 2 aromatic carbocycles. The fraction of sp³-hybridized carbons (Fsp3) is 0.364. The van der Waals surface area contributed by atoms with Gasteiger partial charge in [-0.1, -0.05) is 12.1 Å². The molecule has 0 radical (unpaired) electrons. The van der Waals surface area contributed by atoms with Crippen molar-refractivity contribution in [2.75, 3.05) is 27.9 Å². The molecular formula is C22H24N2O5. The smallest absolute Gasteiger partial charge is 0.307 e. The fourth-order valence-corrected chi connectivity index (χ4v) is 3.91. The van der Waals surface area contributed by atoms with Crippen LogP contribution in [0.25, 0.3) is 11.1 Å². The fourth-order valence-electron chi connectivity index (χ4n) is 3.91. The van der Waals surface area contributed by atoms with Gasteiger partial charge in [-0.15, -0.1) is 0 Å². The van der Waals surface area contributed by atoms with E-state index in [2.05, 4.69) is 9.88 Å². The third-order valence-electron chi connectivity index (χ3n) is 5.38. The van der Waals surface area contributed by atoms with Crippen molar-refractivity contribution < 1.29 is 23.4 Å². The molecular weight excluding hydrogens is 372 g/mol. The number of aromatic nitrogens is 1. The lowest BCUT2D eigenvalue weighted by molar-refractivity contribution is -0.142. The first-order chi connectivity index (χ1) is 14.1. The number of rotatable bonds is 6. The lowest BCUT2D eigenvalue weighted by atomic mass is 9.90. The first-order valence-electron chi connectivity index (χ1n) is 9.53. The normalized spacial score (nSPS) is 16.4. The van der Waals surface area contributed by atoms with E-state index < -0.39 is 0 Å². The zero-order valence-electron chi connectivity index (χ0n) is 16.8. The Bertz CT molecular complexity index is 996. The van der Waals surface area contributed by atoms with Crippen LogP contribution >= 0.6 is 0 Å². The number of hydrogen-bond acceptors (Lipinski definition) is 7. The molecule has 7 heteroatoms. The molecule has 2 heterocycles. The summed E-state index contributed by atoms with van der Waals surface area (Å²) in [5.74, 6) is 1.70. The number of fused-ring (bicyclic) bond motifs is 2. The molecule has 1 unspecified atom stereocenters. The van der Waals surface area contributed by atoms with Crippen molar-refractivity contribution in [3.05, 3.63) is 53.4 Å². The van der Waals surface area contributed by atoms with Gasteiger partial charge in [-0.25, -0.2) is 4.98 Å². The highest BCUT2D eigenvalue weighted by molar-refractivity contribution is 5.72. The highest BCUT2D eigenvalue weighted by Crippen LogP contribution is 2.40. The molecule has 1 atom stereocenters. The maximum Gasteiger partial charge on any atom is 0.307 e. The Labute approximate surface area is 169 Å². The minimum atomic E-state index is -0.264. The summed E-state index contributed by atoms with van der Waals surface area (Å²) in [5.41, 5.74) is 3.77. The van der Waals surface area contributed by atoms with Crippen LogP contribution in [0.15, 0.2) is 40.8 Å². The van der Waals surface area contributed by atoms with Gasteiger partial charge in [0.15, 0.2) is 17.1 Å². The number of para-hydroxylation sites is 2. The Kier molecular flexibility index (Phi) is 5.40. The molecule has 1 aliphatic heterocycles. The zero-order valence-corrected chi connectivity index (χ0v) is 16.8. The largest absolute Gasteiger partial charge is 0.493 e. The maximum atomic E-state index is 12.2. The zero-order chi connectivity index (χ0) is 20.4. The molecule has 0 amide bonds. The van der Waals surface area contributed by atoms with E-state index in [1.807, 2.05) is 36.4 Å². The second kappa shape index (κ2) is 8.13. The number of benzene rings is 2. The summed E-state index contributed by atoms with van der Waals surface area (Å²) in [4.78, 5) is 19.0. The highest BCUT2D eigenvalue weighted by Gasteiger charge is 2.32. The molecule has 0 bridgehead atoms. The second-order valence-corrected chi connectivity index (χ2v) is 7.00. The average Bonchev–Trinajstić information content (AvgIpc) is 3.16. The van der Waals surface area contributed by atoms with Crippen LogP contribution in [0.3, 0.4) is 0 Å². The van der Waals surface area contributed by atoms with Crippen molar-refractivity contribution in [3.8, 4) is 11.5 Å². The number of carbonyl (C=O) groups excluding carboxylic acids is 1. The van der Waals surface area contributed by atoms with E-state index in [9.17, 15) is 4.79 Å². The first kappa shape index (κ1) is 19.3. The summed E-state index contributed by atoms with van der Waals surface area (Å²) in [6.07, 6.45) is 1.06. The Morgan fingerprint density at radius 2 is 1.93 bits per heavy atom. The van der Waals surface area contributed by atoms with Crippen LogP contribution in [0.1, 0.15) is 29.5 Å². The third-order valence-corrected chi connectivity index (χ3v) is 5.38. The lowest BCUT2D eigenvalue weighted by Crippen LogP contribution is -2.36. The van der Waals surface area contributed by atoms with Crippen LogP contribution < -0.4 is 9.47 Å². The van der Waals surface area contributed by atoms with Crippen molar-refractivity contribution >= 4 is 17.1 Å². The summed E-state index contributed by atoms with van der Waals surface area (Å²) in [6, 6.07) is 11.5. The summed E-state index contributed by atoms with van der Waals surface area (Å²) in [6.45, 7) is 1.27. The molecule has 7 nitrogen and oxygen atoms in total. The van der Waals surface area contributed by atoms with Gasteiger partial charge < -0.3 is 18.6 Å². The molecule has 3 aromatic rings. The summed E-state index contributed by atoms with van der Waals surface area (Å²) >= 11 is 0. The van der Waals surface area contributed by atoms with E-state index in [-0.39, 0.29) is 18.4 Å². The monoisotopic (exact) mass is 396 g/mol. The van der Waals surface area contributed by atoms with Gasteiger partial charge in [-0.05, 0) is 41.8 Å². The van der Waals surface area contributed by atoms with E-state index in [1.165, 1.54) is 7.11 Å². The molecule has 4 rings (SSSR count). The average molecular weight is 396 g/mol. The van der Waals surface area contributed by atoms with Gasteiger partial charge in [0.2, 0.25) is 5.89 Å². The number of methoxy groups -OCH3 is 3. The van der Waals surface area contributed by atoms with Crippen LogP contribution in [0.5, 0.6) is 11.5 Å². The summed E-state index contributed by atoms with van der Waals surface area (Å²) < 4.78 is 21.8. The Hall–Kier alpha value is -3.06. The predicted octanol–water partition coefficient (Wildman–Crippen LogP) is 3.51. The van der Waals surface area contributed by atoms with Crippen molar-refractivity contribution in [2.45, 2.75) is 25.4 Å². The molecule has 0 fully saturated rings. The van der Waals surface area contributed by atoms with Gasteiger partial charge in [0.1, 0.15) is 5.52 Å². The number of carbonyl (C=O) groups is 1. The van der Waals surface area contributed by atoms with Crippen LogP contribution in [-0.2, 0) is 22.5 Å². The van der Waals surface area contributed by atoms with Gasteiger partial charge in [0.05, 0.1) is 34.3 Å². The molecule has 1 aromatic heterocycles. The van der Waals surface area contributed by atoms with Crippen molar-refractivity contribution in [1.29, 1.82) is 0 Å². The Morgan fingerprint density at radius 1 is 1.17 bits per heavy atom. The third kappa shape index (κ3) is 3.78. The number of oxazole rings is 1. The quantitative estimate of drug-likeness (QED) is 0.590. The number of esters is 1. The molecule has 152 valence electrons. The van der Waals surface area contributed by atoms with E-state index in [4.69, 9.17) is 18.6 Å². The lowest BCUT2D eigenvalue weighted by Gasteiger charge is -2.36. The first-order valence-corrected chi connectivity index (χ1v) is 9.53. The van der Waals surface area contributed by atoms with Crippen molar-refractivity contribution in [2.24, 2.45) is 0 Å². The molecule has 0 aliphatic carbocycles. The summed E-state index contributed by atoms with van der Waals surface area (Å²) in [5, 5.41) is 0. The van der Waals surface area contributed by atoms with Crippen molar-refractivity contribution in [1.82, 2.24) is 9.88 Å². The maximum absolute atomic E-state index is 12.2. The second-order valence-electron chi connectivity index (χ2n) is 7.00. The Balaban J connectivity index is 1.69. The van der Waals surface area contributed by atoms with Gasteiger partial charge in [-0.2, -0.15) is 0 Å².